The molecule has 0 aliphatic heterocycles. The van der Waals surface area contributed by atoms with E-state index in [1.54, 1.807) is 16.7 Å². The molecule has 1 aliphatic rings. The minimum Gasteiger partial charge on any atom is -0.352 e. The molecule has 2 aromatic carbocycles. The van der Waals surface area contributed by atoms with Crippen molar-refractivity contribution in [2.24, 2.45) is 0 Å². The molecule has 1 fully saturated rings. The first-order valence-corrected chi connectivity index (χ1v) is 13.3. The molecule has 0 heterocycles. The second-order valence-corrected chi connectivity index (χ2v) is 10.7. The summed E-state index contributed by atoms with van der Waals surface area (Å²) in [5.41, 5.74) is 1.00. The molecule has 3 rings (SSSR count). The molecule has 1 atom stereocenters. The first kappa shape index (κ1) is 25.1. The second-order valence-electron chi connectivity index (χ2n) is 8.22. The Kier molecular flexibility index (Phi) is 9.94. The van der Waals surface area contributed by atoms with E-state index in [4.69, 9.17) is 11.6 Å². The Morgan fingerprint density at radius 1 is 1.19 bits per heavy atom. The highest BCUT2D eigenvalue weighted by Gasteiger charge is 2.28. The van der Waals surface area contributed by atoms with Crippen LogP contribution >= 0.6 is 39.3 Å². The van der Waals surface area contributed by atoms with Crippen LogP contribution in [0.3, 0.4) is 0 Å². The summed E-state index contributed by atoms with van der Waals surface area (Å²) in [5, 5.41) is 3.87. The van der Waals surface area contributed by atoms with E-state index in [1.807, 2.05) is 55.5 Å². The minimum absolute atomic E-state index is 0.00996. The number of halogens is 2. The van der Waals surface area contributed by atoms with E-state index < -0.39 is 6.04 Å². The van der Waals surface area contributed by atoms with Gasteiger partial charge in [0.25, 0.3) is 0 Å². The van der Waals surface area contributed by atoms with Gasteiger partial charge in [0.2, 0.25) is 11.8 Å². The molecule has 172 valence electrons. The van der Waals surface area contributed by atoms with Gasteiger partial charge in [-0.3, -0.25) is 9.59 Å². The van der Waals surface area contributed by atoms with Crippen molar-refractivity contribution in [3.8, 4) is 0 Å². The second kappa shape index (κ2) is 12.7. The van der Waals surface area contributed by atoms with Gasteiger partial charge < -0.3 is 10.2 Å². The monoisotopic (exact) mass is 536 g/mol. The summed E-state index contributed by atoms with van der Waals surface area (Å²) < 4.78 is 0.963. The van der Waals surface area contributed by atoms with Gasteiger partial charge >= 0.3 is 0 Å². The Balaban J connectivity index is 1.59. The predicted octanol–water partition coefficient (Wildman–Crippen LogP) is 6.45. The molecule has 0 radical (unpaired) electrons. The smallest absolute Gasteiger partial charge is 0.242 e. The molecule has 7 heteroatoms. The lowest BCUT2D eigenvalue weighted by Crippen LogP contribution is -2.49. The summed E-state index contributed by atoms with van der Waals surface area (Å²) in [4.78, 5) is 29.0. The van der Waals surface area contributed by atoms with Crippen molar-refractivity contribution in [2.45, 2.75) is 69.0 Å². The van der Waals surface area contributed by atoms with Crippen LogP contribution in [0.2, 0.25) is 5.02 Å². The Hall–Kier alpha value is -1.50. The van der Waals surface area contributed by atoms with Crippen molar-refractivity contribution in [3.05, 3.63) is 63.6 Å². The number of thioether (sulfide) groups is 1. The highest BCUT2D eigenvalue weighted by Crippen LogP contribution is 2.23. The highest BCUT2D eigenvalue weighted by molar-refractivity contribution is 9.10. The zero-order valence-electron chi connectivity index (χ0n) is 18.4. The van der Waals surface area contributed by atoms with Crippen molar-refractivity contribution in [1.82, 2.24) is 10.2 Å². The summed E-state index contributed by atoms with van der Waals surface area (Å²) in [7, 11) is 0. The third kappa shape index (κ3) is 7.82. The topological polar surface area (TPSA) is 49.4 Å². The molecule has 1 aliphatic carbocycles. The Bertz CT molecular complexity index is 903. The van der Waals surface area contributed by atoms with Crippen LogP contribution < -0.4 is 5.32 Å². The minimum atomic E-state index is -0.508. The molecule has 0 aromatic heterocycles. The molecular formula is C25H30BrClN2O2S. The molecule has 1 unspecified atom stereocenters. The van der Waals surface area contributed by atoms with E-state index in [1.165, 1.54) is 0 Å². The van der Waals surface area contributed by atoms with Gasteiger partial charge in [-0.1, -0.05) is 52.5 Å². The van der Waals surface area contributed by atoms with Crippen LogP contribution in [0.25, 0.3) is 0 Å². The first-order valence-electron chi connectivity index (χ1n) is 11.1. The lowest BCUT2D eigenvalue weighted by atomic mass is 10.1. The number of carbonyl (C=O) groups is 2. The van der Waals surface area contributed by atoms with Crippen molar-refractivity contribution < 1.29 is 9.59 Å². The normalized spacial score (nSPS) is 14.8. The fraction of sp³-hybridized carbons (Fsp3) is 0.440. The van der Waals surface area contributed by atoms with Crippen LogP contribution in [-0.4, -0.2) is 34.6 Å². The van der Waals surface area contributed by atoms with E-state index in [-0.39, 0.29) is 17.9 Å². The highest BCUT2D eigenvalue weighted by atomic mass is 79.9. The number of nitrogens with zero attached hydrogens (tertiary/aromatic N) is 1. The van der Waals surface area contributed by atoms with Crippen LogP contribution in [0.1, 0.15) is 51.0 Å². The quantitative estimate of drug-likeness (QED) is 0.280. The predicted molar refractivity (Wildman–Crippen MR) is 136 cm³/mol. The van der Waals surface area contributed by atoms with E-state index in [9.17, 15) is 9.59 Å². The van der Waals surface area contributed by atoms with Crippen molar-refractivity contribution in [1.29, 1.82) is 0 Å². The van der Waals surface area contributed by atoms with Gasteiger partial charge in [-0.2, -0.15) is 0 Å². The molecular weight excluding hydrogens is 508 g/mol. The molecule has 32 heavy (non-hydrogen) atoms. The van der Waals surface area contributed by atoms with Gasteiger partial charge in [0.15, 0.2) is 0 Å². The fourth-order valence-corrected chi connectivity index (χ4v) is 5.32. The number of hydrogen-bond acceptors (Lipinski definition) is 3. The van der Waals surface area contributed by atoms with Crippen molar-refractivity contribution in [2.75, 3.05) is 5.75 Å². The largest absolute Gasteiger partial charge is 0.352 e. The summed E-state index contributed by atoms with van der Waals surface area (Å²) in [6.07, 6.45) is 5.53. The number of benzene rings is 2. The van der Waals surface area contributed by atoms with Crippen LogP contribution in [0.5, 0.6) is 0 Å². The standard InChI is InChI=1S/C25H30BrClN2O2S/c1-18(25(31)28-22-8-2-3-9-22)29(17-19-6-4-7-20(26)16-19)24(30)10-5-15-32-23-13-11-21(27)12-14-23/h4,6-7,11-14,16,18,22H,2-3,5,8-10,15,17H2,1H3,(H,28,31). The van der Waals surface area contributed by atoms with Crippen LogP contribution in [0, 0.1) is 0 Å². The SMILES string of the molecule is CC(C(=O)NC1CCCC1)N(Cc1cccc(Br)c1)C(=O)CCCSc1ccc(Cl)cc1. The summed E-state index contributed by atoms with van der Waals surface area (Å²) >= 11 is 11.1. The molecule has 4 nitrogen and oxygen atoms in total. The molecule has 1 saturated carbocycles. The van der Waals surface area contributed by atoms with E-state index >= 15 is 0 Å². The molecule has 0 bridgehead atoms. The number of amides is 2. The lowest BCUT2D eigenvalue weighted by molar-refractivity contribution is -0.140. The van der Waals surface area contributed by atoms with Gasteiger partial charge in [-0.25, -0.2) is 0 Å². The maximum atomic E-state index is 13.2. The summed E-state index contributed by atoms with van der Waals surface area (Å²) in [5.74, 6) is 0.785. The number of hydrogen-bond donors (Lipinski definition) is 1. The molecule has 2 aromatic rings. The number of rotatable bonds is 10. The van der Waals surface area contributed by atoms with Gasteiger partial charge in [0, 0.05) is 33.4 Å². The number of nitrogens with one attached hydrogen (secondary N) is 1. The molecule has 1 N–H and O–H groups in total. The maximum absolute atomic E-state index is 13.2. The summed E-state index contributed by atoms with van der Waals surface area (Å²) in [6, 6.07) is 15.4. The maximum Gasteiger partial charge on any atom is 0.242 e. The third-order valence-corrected chi connectivity index (χ3v) is 7.57. The molecule has 0 spiro atoms. The first-order chi connectivity index (χ1) is 15.4. The summed E-state index contributed by atoms with van der Waals surface area (Å²) in [6.45, 7) is 2.25. The van der Waals surface area contributed by atoms with Gasteiger partial charge in [-0.05, 0) is 73.9 Å². The van der Waals surface area contributed by atoms with Crippen molar-refractivity contribution in [3.63, 3.8) is 0 Å². The van der Waals surface area contributed by atoms with E-state index in [0.29, 0.717) is 13.0 Å². The van der Waals surface area contributed by atoms with Crippen LogP contribution in [0.15, 0.2) is 57.9 Å². The lowest BCUT2D eigenvalue weighted by Gasteiger charge is -2.30. The van der Waals surface area contributed by atoms with Crippen LogP contribution in [0.4, 0.5) is 0 Å². The molecule has 2 amide bonds. The molecule has 0 saturated heterocycles. The van der Waals surface area contributed by atoms with Crippen molar-refractivity contribution >= 4 is 51.1 Å². The van der Waals surface area contributed by atoms with Gasteiger partial charge in [0.1, 0.15) is 6.04 Å². The van der Waals surface area contributed by atoms with E-state index in [0.717, 1.165) is 57.8 Å². The number of carbonyl (C=O) groups excluding carboxylic acids is 2. The zero-order chi connectivity index (χ0) is 22.9. The van der Waals surface area contributed by atoms with E-state index in [2.05, 4.69) is 21.2 Å². The van der Waals surface area contributed by atoms with Crippen LogP contribution in [-0.2, 0) is 16.1 Å². The van der Waals surface area contributed by atoms with Gasteiger partial charge in [-0.15, -0.1) is 11.8 Å². The Labute approximate surface area is 208 Å². The average molecular weight is 538 g/mol. The average Bonchev–Trinajstić information content (AvgIpc) is 3.28. The Morgan fingerprint density at radius 3 is 2.59 bits per heavy atom. The fourth-order valence-electron chi connectivity index (χ4n) is 3.89. The zero-order valence-corrected chi connectivity index (χ0v) is 21.5. The third-order valence-electron chi connectivity index (χ3n) is 5.73. The Morgan fingerprint density at radius 2 is 1.91 bits per heavy atom. The van der Waals surface area contributed by atoms with Gasteiger partial charge in [0.05, 0.1) is 0 Å².